The Balaban J connectivity index is 1.19. The molecule has 4 aliphatic carbocycles. The van der Waals surface area contributed by atoms with Gasteiger partial charge in [0.1, 0.15) is 5.60 Å². The van der Waals surface area contributed by atoms with Crippen LogP contribution in [-0.2, 0) is 19.2 Å². The number of carbonyl (C=O) groups excluding carboxylic acids is 1. The highest BCUT2D eigenvalue weighted by Crippen LogP contribution is 2.67. The molecule has 5 aliphatic rings. The van der Waals surface area contributed by atoms with Gasteiger partial charge in [0, 0.05) is 18.1 Å². The van der Waals surface area contributed by atoms with E-state index in [1.807, 2.05) is 13.8 Å². The molecule has 3 N–H and O–H groups in total. The topological polar surface area (TPSA) is 117 Å². The van der Waals surface area contributed by atoms with E-state index in [-0.39, 0.29) is 41.3 Å². The minimum absolute atomic E-state index is 0.0308. The molecule has 1 amide bonds. The third kappa shape index (κ3) is 5.57. The van der Waals surface area contributed by atoms with Gasteiger partial charge in [-0.25, -0.2) is 0 Å². The molecule has 0 aromatic heterocycles. The van der Waals surface area contributed by atoms with Gasteiger partial charge in [0.2, 0.25) is 0 Å². The molecule has 0 aromatic rings. The standard InChI is InChI=1S/C33H48N2O6/c1-6-33(39)15-11-26-24-8-7-22-17-23(9-13-31(22,4)25(24)10-14-32(26,33)5)35-41-20-28(36)34-27(18-29(37)38)21-12-16-40-30(2,3)19-21/h1,17,21,24-27,39H,7-16,18-20H2,2-5H3,(H,34,36)(H,37,38). The van der Waals surface area contributed by atoms with Crippen LogP contribution in [0.1, 0.15) is 98.3 Å². The Labute approximate surface area is 244 Å². The molecule has 8 unspecified atom stereocenters. The second-order valence-corrected chi connectivity index (χ2v) is 14.5. The molecule has 0 radical (unpaired) electrons. The Bertz CT molecular complexity index is 1150. The number of oxime groups is 1. The number of carbonyl (C=O) groups is 2. The number of amides is 1. The number of carboxylic acid groups (broad SMARTS) is 1. The van der Waals surface area contributed by atoms with Crippen LogP contribution < -0.4 is 5.32 Å². The Morgan fingerprint density at radius 1 is 1.15 bits per heavy atom. The smallest absolute Gasteiger partial charge is 0.305 e. The van der Waals surface area contributed by atoms with E-state index in [0.717, 1.165) is 50.7 Å². The Kier molecular flexibility index (Phi) is 8.10. The molecule has 8 heteroatoms. The van der Waals surface area contributed by atoms with Crippen molar-refractivity contribution in [1.82, 2.24) is 5.32 Å². The fraction of sp³-hybridized carbons (Fsp3) is 0.788. The molecule has 0 bridgehead atoms. The van der Waals surface area contributed by atoms with Crippen LogP contribution >= 0.6 is 0 Å². The molecular weight excluding hydrogens is 520 g/mol. The van der Waals surface area contributed by atoms with E-state index in [1.165, 1.54) is 5.57 Å². The van der Waals surface area contributed by atoms with E-state index in [2.05, 4.69) is 36.3 Å². The first-order valence-corrected chi connectivity index (χ1v) is 15.6. The van der Waals surface area contributed by atoms with Crippen LogP contribution in [0.5, 0.6) is 0 Å². The van der Waals surface area contributed by atoms with Crippen molar-refractivity contribution in [3.05, 3.63) is 11.6 Å². The van der Waals surface area contributed by atoms with Gasteiger partial charge in [-0.3, -0.25) is 9.59 Å². The number of ether oxygens (including phenoxy) is 1. The number of aliphatic hydroxyl groups is 1. The molecule has 3 saturated carbocycles. The lowest BCUT2D eigenvalue weighted by atomic mass is 9.46. The monoisotopic (exact) mass is 568 g/mol. The minimum atomic E-state index is -0.981. The van der Waals surface area contributed by atoms with Crippen molar-refractivity contribution >= 4 is 17.6 Å². The van der Waals surface area contributed by atoms with E-state index in [1.54, 1.807) is 0 Å². The van der Waals surface area contributed by atoms with Crippen LogP contribution in [0.2, 0.25) is 0 Å². The van der Waals surface area contributed by atoms with Gasteiger partial charge in [-0.2, -0.15) is 0 Å². The largest absolute Gasteiger partial charge is 0.481 e. The van der Waals surface area contributed by atoms with E-state index in [0.29, 0.717) is 43.6 Å². The number of hydrogen-bond donors (Lipinski definition) is 3. The van der Waals surface area contributed by atoms with Crippen molar-refractivity contribution < 1.29 is 29.4 Å². The minimum Gasteiger partial charge on any atom is -0.481 e. The SMILES string of the molecule is C#CC1(O)CCC2C3CCC4=CC(=NOCC(=O)NC(CC(=O)O)C5CCOC(C)(C)C5)CCC4(C)C3CCC21C. The van der Waals surface area contributed by atoms with Crippen LogP contribution in [-0.4, -0.2) is 58.3 Å². The zero-order valence-corrected chi connectivity index (χ0v) is 25.2. The number of carboxylic acids is 1. The third-order valence-corrected chi connectivity index (χ3v) is 11.8. The molecule has 0 aromatic carbocycles. The van der Waals surface area contributed by atoms with Crippen molar-refractivity contribution in [3.63, 3.8) is 0 Å². The highest BCUT2D eigenvalue weighted by Gasteiger charge is 2.63. The molecule has 1 heterocycles. The first kappa shape index (κ1) is 30.1. The maximum absolute atomic E-state index is 12.7. The maximum Gasteiger partial charge on any atom is 0.305 e. The van der Waals surface area contributed by atoms with Crippen LogP contribution in [0.15, 0.2) is 16.8 Å². The molecule has 226 valence electrons. The van der Waals surface area contributed by atoms with Crippen molar-refractivity contribution in [2.75, 3.05) is 13.2 Å². The number of rotatable bonds is 7. The number of aliphatic carboxylic acids is 1. The van der Waals surface area contributed by atoms with E-state index >= 15 is 0 Å². The summed E-state index contributed by atoms with van der Waals surface area (Å²) in [5.41, 5.74) is 0.883. The van der Waals surface area contributed by atoms with Gasteiger partial charge < -0.3 is 25.1 Å². The molecule has 5 rings (SSSR count). The highest BCUT2D eigenvalue weighted by atomic mass is 16.6. The summed E-state index contributed by atoms with van der Waals surface area (Å²) in [5.74, 6) is 3.14. The van der Waals surface area contributed by atoms with E-state index in [9.17, 15) is 19.8 Å². The summed E-state index contributed by atoms with van der Waals surface area (Å²) in [6.45, 7) is 8.93. The summed E-state index contributed by atoms with van der Waals surface area (Å²) >= 11 is 0. The second kappa shape index (κ2) is 11.0. The first-order valence-electron chi connectivity index (χ1n) is 15.6. The predicted octanol–water partition coefficient (Wildman–Crippen LogP) is 4.85. The number of nitrogens with zero attached hydrogens (tertiary/aromatic N) is 1. The summed E-state index contributed by atoms with van der Waals surface area (Å²) in [6.07, 6.45) is 17.0. The number of hydrogen-bond acceptors (Lipinski definition) is 6. The zero-order chi connectivity index (χ0) is 29.6. The predicted molar refractivity (Wildman–Crippen MR) is 156 cm³/mol. The van der Waals surface area contributed by atoms with E-state index < -0.39 is 17.6 Å². The molecular formula is C33H48N2O6. The molecule has 41 heavy (non-hydrogen) atoms. The number of nitrogens with one attached hydrogen (secondary N) is 1. The van der Waals surface area contributed by atoms with Crippen LogP contribution in [0.25, 0.3) is 0 Å². The normalized spacial score (nSPS) is 41.2. The third-order valence-electron chi connectivity index (χ3n) is 11.8. The molecule has 1 aliphatic heterocycles. The lowest BCUT2D eigenvalue weighted by Crippen LogP contribution is -2.54. The zero-order valence-electron chi connectivity index (χ0n) is 25.2. The van der Waals surface area contributed by atoms with Crippen LogP contribution in [0, 0.1) is 46.8 Å². The van der Waals surface area contributed by atoms with Crippen molar-refractivity contribution in [3.8, 4) is 12.3 Å². The Morgan fingerprint density at radius 3 is 2.61 bits per heavy atom. The Hall–Kier alpha value is -2.37. The maximum atomic E-state index is 12.7. The van der Waals surface area contributed by atoms with Crippen LogP contribution in [0.4, 0.5) is 0 Å². The summed E-state index contributed by atoms with van der Waals surface area (Å²) in [4.78, 5) is 29.7. The summed E-state index contributed by atoms with van der Waals surface area (Å²) in [6, 6.07) is -0.471. The number of terminal acetylenes is 1. The fourth-order valence-corrected chi connectivity index (χ4v) is 9.46. The molecule has 1 saturated heterocycles. The second-order valence-electron chi connectivity index (χ2n) is 14.5. The van der Waals surface area contributed by atoms with Crippen molar-refractivity contribution in [2.24, 2.45) is 39.7 Å². The van der Waals surface area contributed by atoms with Gasteiger partial charge in [-0.05, 0) is 113 Å². The van der Waals surface area contributed by atoms with Gasteiger partial charge in [0.25, 0.3) is 5.91 Å². The average Bonchev–Trinajstić information content (AvgIpc) is 3.18. The Morgan fingerprint density at radius 2 is 1.90 bits per heavy atom. The van der Waals surface area contributed by atoms with Gasteiger partial charge in [0.15, 0.2) is 6.61 Å². The quantitative estimate of drug-likeness (QED) is 0.299. The molecule has 8 atom stereocenters. The lowest BCUT2D eigenvalue weighted by Gasteiger charge is -2.58. The van der Waals surface area contributed by atoms with Gasteiger partial charge in [0.05, 0.1) is 17.7 Å². The average molecular weight is 569 g/mol. The first-order chi connectivity index (χ1) is 19.3. The van der Waals surface area contributed by atoms with Gasteiger partial charge >= 0.3 is 5.97 Å². The molecule has 8 nitrogen and oxygen atoms in total. The van der Waals surface area contributed by atoms with Gasteiger partial charge in [-0.15, -0.1) is 6.42 Å². The summed E-state index contributed by atoms with van der Waals surface area (Å²) in [5, 5.41) is 27.9. The number of fused-ring (bicyclic) bond motifs is 5. The highest BCUT2D eigenvalue weighted by molar-refractivity contribution is 5.96. The summed E-state index contributed by atoms with van der Waals surface area (Å²) < 4.78 is 5.77. The van der Waals surface area contributed by atoms with E-state index in [4.69, 9.17) is 16.0 Å². The molecule has 4 fully saturated rings. The number of allylic oxidation sites excluding steroid dienone is 2. The van der Waals surface area contributed by atoms with Crippen molar-refractivity contribution in [1.29, 1.82) is 0 Å². The molecule has 0 spiro atoms. The van der Waals surface area contributed by atoms with Crippen molar-refractivity contribution in [2.45, 2.75) is 116 Å². The summed E-state index contributed by atoms with van der Waals surface area (Å²) in [7, 11) is 0. The van der Waals surface area contributed by atoms with Gasteiger partial charge in [-0.1, -0.05) is 30.5 Å². The fourth-order valence-electron chi connectivity index (χ4n) is 9.46. The van der Waals surface area contributed by atoms with Crippen LogP contribution in [0.3, 0.4) is 0 Å². The lowest BCUT2D eigenvalue weighted by molar-refractivity contribution is -0.139.